The number of nitrogens with zero attached hydrogens (tertiary/aromatic N) is 2. The molecular weight excluding hydrogens is 207 g/mol. The summed E-state index contributed by atoms with van der Waals surface area (Å²) < 4.78 is 14.2. The van der Waals surface area contributed by atoms with Crippen LogP contribution >= 0.6 is 0 Å². The number of halogens is 1. The summed E-state index contributed by atoms with van der Waals surface area (Å²) in [5, 5.41) is 0. The van der Waals surface area contributed by atoms with Gasteiger partial charge in [0.2, 0.25) is 18.5 Å². The van der Waals surface area contributed by atoms with Crippen LogP contribution in [0.4, 0.5) is 4.39 Å². The van der Waals surface area contributed by atoms with Crippen LogP contribution in [-0.4, -0.2) is 10.8 Å². The van der Waals surface area contributed by atoms with Gasteiger partial charge in [-0.2, -0.15) is 8.96 Å². The first-order valence-corrected chi connectivity index (χ1v) is 4.84. The Labute approximate surface area is 92.2 Å². The average Bonchev–Trinajstić information content (AvgIpc) is 2.30. The normalized spacial score (nSPS) is 10.1. The Bertz CT molecular complexity index is 499. The lowest BCUT2D eigenvalue weighted by Crippen LogP contribution is -2.37. The van der Waals surface area contributed by atoms with Crippen LogP contribution in [0.15, 0.2) is 48.9 Å². The second kappa shape index (κ2) is 4.61. The molecule has 4 heteroatoms. The maximum absolute atomic E-state index is 12.8. The first-order valence-electron chi connectivity index (χ1n) is 4.84. The SMILES string of the molecule is O=C(C[n+]1ccnc(F)c1)c1ccccc1. The van der Waals surface area contributed by atoms with E-state index in [0.29, 0.717) is 5.56 Å². The first-order chi connectivity index (χ1) is 7.75. The van der Waals surface area contributed by atoms with E-state index in [0.717, 1.165) is 0 Å². The van der Waals surface area contributed by atoms with Crippen LogP contribution in [0.2, 0.25) is 0 Å². The Morgan fingerprint density at radius 3 is 2.75 bits per heavy atom. The van der Waals surface area contributed by atoms with Gasteiger partial charge in [0.15, 0.2) is 6.20 Å². The molecule has 16 heavy (non-hydrogen) atoms. The number of benzene rings is 1. The number of hydrogen-bond donors (Lipinski definition) is 0. The number of aromatic nitrogens is 2. The van der Waals surface area contributed by atoms with Gasteiger partial charge in [-0.15, -0.1) is 0 Å². The summed E-state index contributed by atoms with van der Waals surface area (Å²) in [5.74, 6) is -0.653. The lowest BCUT2D eigenvalue weighted by Gasteiger charge is -1.97. The predicted octanol–water partition coefficient (Wildman–Crippen LogP) is 1.39. The fraction of sp³-hybridized carbons (Fsp3) is 0.0833. The number of rotatable bonds is 3. The summed E-state index contributed by atoms with van der Waals surface area (Å²) in [5.41, 5.74) is 0.618. The zero-order valence-electron chi connectivity index (χ0n) is 8.51. The summed E-state index contributed by atoms with van der Waals surface area (Å²) in [4.78, 5) is 15.2. The van der Waals surface area contributed by atoms with Gasteiger partial charge in [-0.05, 0) is 0 Å². The number of carbonyl (C=O) groups is 1. The molecule has 2 rings (SSSR count). The van der Waals surface area contributed by atoms with Crippen molar-refractivity contribution in [2.24, 2.45) is 0 Å². The van der Waals surface area contributed by atoms with Crippen molar-refractivity contribution in [1.82, 2.24) is 4.98 Å². The van der Waals surface area contributed by atoms with E-state index in [9.17, 15) is 9.18 Å². The number of hydrogen-bond acceptors (Lipinski definition) is 2. The van der Waals surface area contributed by atoms with E-state index in [1.54, 1.807) is 30.5 Å². The molecule has 0 aliphatic carbocycles. The van der Waals surface area contributed by atoms with Gasteiger partial charge in [0.05, 0.1) is 6.20 Å². The van der Waals surface area contributed by atoms with E-state index >= 15 is 0 Å². The molecule has 0 bridgehead atoms. The largest absolute Gasteiger partial charge is 0.287 e. The third kappa shape index (κ3) is 2.48. The van der Waals surface area contributed by atoms with Crippen LogP contribution in [-0.2, 0) is 6.54 Å². The predicted molar refractivity (Wildman–Crippen MR) is 55.2 cm³/mol. The minimum atomic E-state index is -0.594. The van der Waals surface area contributed by atoms with Gasteiger partial charge in [-0.1, -0.05) is 30.3 Å². The highest BCUT2D eigenvalue weighted by Crippen LogP contribution is 1.99. The molecular formula is C12H10FN2O+. The average molecular weight is 217 g/mol. The summed E-state index contributed by atoms with van der Waals surface area (Å²) in [7, 11) is 0. The summed E-state index contributed by atoms with van der Waals surface area (Å²) >= 11 is 0. The molecule has 1 aromatic heterocycles. The van der Waals surface area contributed by atoms with Gasteiger partial charge >= 0.3 is 0 Å². The van der Waals surface area contributed by atoms with Crippen molar-refractivity contribution in [2.45, 2.75) is 6.54 Å². The highest BCUT2D eigenvalue weighted by Gasteiger charge is 2.12. The van der Waals surface area contributed by atoms with Crippen LogP contribution in [0, 0.1) is 5.95 Å². The van der Waals surface area contributed by atoms with E-state index in [2.05, 4.69) is 4.98 Å². The van der Waals surface area contributed by atoms with Crippen molar-refractivity contribution in [3.05, 3.63) is 60.4 Å². The minimum absolute atomic E-state index is 0.0591. The van der Waals surface area contributed by atoms with Gasteiger partial charge in [-0.25, -0.2) is 4.98 Å². The van der Waals surface area contributed by atoms with Gasteiger partial charge in [-0.3, -0.25) is 4.79 Å². The van der Waals surface area contributed by atoms with E-state index in [1.807, 2.05) is 6.07 Å². The fourth-order valence-corrected chi connectivity index (χ4v) is 1.38. The first kappa shape index (κ1) is 10.4. The number of carbonyl (C=O) groups excluding carboxylic acids is 1. The number of Topliss-reactive ketones (excluding diaryl/α,β-unsaturated/α-hetero) is 1. The second-order valence-electron chi connectivity index (χ2n) is 3.34. The van der Waals surface area contributed by atoms with Crippen LogP contribution < -0.4 is 4.57 Å². The topological polar surface area (TPSA) is 33.8 Å². The lowest BCUT2D eigenvalue weighted by atomic mass is 10.1. The molecule has 0 aliphatic rings. The molecule has 0 saturated heterocycles. The summed E-state index contributed by atoms with van der Waals surface area (Å²) in [6.07, 6.45) is 4.08. The molecule has 2 aromatic rings. The van der Waals surface area contributed by atoms with Gasteiger partial charge in [0, 0.05) is 5.56 Å². The molecule has 0 fully saturated rings. The fourth-order valence-electron chi connectivity index (χ4n) is 1.38. The third-order valence-electron chi connectivity index (χ3n) is 2.15. The molecule has 0 saturated carbocycles. The van der Waals surface area contributed by atoms with Gasteiger partial charge in [0.1, 0.15) is 0 Å². The van der Waals surface area contributed by atoms with Crippen LogP contribution in [0.3, 0.4) is 0 Å². The van der Waals surface area contributed by atoms with Crippen LogP contribution in [0.1, 0.15) is 10.4 Å². The standard InChI is InChI=1S/C12H10FN2O/c13-12-9-15(7-6-14-12)8-11(16)10-4-2-1-3-5-10/h1-7,9H,8H2/q+1. The Kier molecular flexibility index (Phi) is 3.00. The van der Waals surface area contributed by atoms with E-state index in [-0.39, 0.29) is 12.3 Å². The number of ketones is 1. The Morgan fingerprint density at radius 2 is 2.06 bits per heavy atom. The van der Waals surface area contributed by atoms with E-state index < -0.39 is 5.95 Å². The molecule has 0 radical (unpaired) electrons. The highest BCUT2D eigenvalue weighted by molar-refractivity contribution is 5.94. The molecule has 3 nitrogen and oxygen atoms in total. The molecule has 80 valence electrons. The van der Waals surface area contributed by atoms with Crippen molar-refractivity contribution in [2.75, 3.05) is 0 Å². The maximum atomic E-state index is 12.8. The molecule has 0 spiro atoms. The minimum Gasteiger partial charge on any atom is -0.287 e. The molecule has 1 aromatic carbocycles. The zero-order valence-corrected chi connectivity index (χ0v) is 8.51. The van der Waals surface area contributed by atoms with Crippen LogP contribution in [0.25, 0.3) is 0 Å². The second-order valence-corrected chi connectivity index (χ2v) is 3.34. The summed E-state index contributed by atoms with van der Waals surface area (Å²) in [6.45, 7) is 0.115. The smallest absolute Gasteiger partial charge is 0.277 e. The van der Waals surface area contributed by atoms with Crippen molar-refractivity contribution >= 4 is 5.78 Å². The molecule has 0 unspecified atom stereocenters. The monoisotopic (exact) mass is 217 g/mol. The molecule has 0 aliphatic heterocycles. The lowest BCUT2D eigenvalue weighted by molar-refractivity contribution is -0.685. The van der Waals surface area contributed by atoms with Crippen molar-refractivity contribution in [3.63, 3.8) is 0 Å². The van der Waals surface area contributed by atoms with Gasteiger partial charge < -0.3 is 0 Å². The molecule has 0 N–H and O–H groups in total. The highest BCUT2D eigenvalue weighted by atomic mass is 19.1. The Balaban J connectivity index is 2.14. The van der Waals surface area contributed by atoms with Crippen molar-refractivity contribution in [1.29, 1.82) is 0 Å². The molecule has 0 amide bonds. The third-order valence-corrected chi connectivity index (χ3v) is 2.15. The summed E-state index contributed by atoms with van der Waals surface area (Å²) in [6, 6.07) is 8.91. The van der Waals surface area contributed by atoms with Gasteiger partial charge in [0.25, 0.3) is 5.95 Å². The Morgan fingerprint density at radius 1 is 1.31 bits per heavy atom. The quantitative estimate of drug-likeness (QED) is 0.575. The maximum Gasteiger partial charge on any atom is 0.277 e. The van der Waals surface area contributed by atoms with Crippen LogP contribution in [0.5, 0.6) is 0 Å². The molecule has 1 heterocycles. The van der Waals surface area contributed by atoms with Crippen molar-refractivity contribution < 1.29 is 13.8 Å². The van der Waals surface area contributed by atoms with E-state index in [4.69, 9.17) is 0 Å². The van der Waals surface area contributed by atoms with Crippen molar-refractivity contribution in [3.8, 4) is 0 Å². The van der Waals surface area contributed by atoms with E-state index in [1.165, 1.54) is 17.0 Å². The molecule has 0 atom stereocenters. The zero-order chi connectivity index (χ0) is 11.4. The Hall–Kier alpha value is -2.10.